The fourth-order valence-corrected chi connectivity index (χ4v) is 2.07. The average Bonchev–Trinajstić information content (AvgIpc) is 2.39. The molecule has 0 spiro atoms. The highest BCUT2D eigenvalue weighted by molar-refractivity contribution is 4.81. The van der Waals surface area contributed by atoms with Crippen LogP contribution in [-0.2, 0) is 0 Å². The summed E-state index contributed by atoms with van der Waals surface area (Å²) in [7, 11) is 0. The molecule has 0 aromatic carbocycles. The first kappa shape index (κ1) is 17.5. The largest absolute Gasteiger partial charge is 0.0917 e. The van der Waals surface area contributed by atoms with Gasteiger partial charge in [-0.15, -0.1) is 0 Å². The van der Waals surface area contributed by atoms with E-state index in [1.165, 1.54) is 70.6 Å². The van der Waals surface area contributed by atoms with Crippen molar-refractivity contribution in [3.63, 3.8) is 0 Å². The Bertz CT molecular complexity index is 188. The Morgan fingerprint density at radius 1 is 0.611 bits per heavy atom. The first-order valence-corrected chi connectivity index (χ1v) is 7.97. The summed E-state index contributed by atoms with van der Waals surface area (Å²) in [5.41, 5.74) is 0. The third kappa shape index (κ3) is 15.5. The van der Waals surface area contributed by atoms with Crippen molar-refractivity contribution >= 4 is 0 Å². The van der Waals surface area contributed by atoms with E-state index in [0.29, 0.717) is 0 Å². The molecular weight excluding hydrogens is 216 g/mol. The maximum absolute atomic E-state index is 3.86. The van der Waals surface area contributed by atoms with Crippen LogP contribution >= 0.6 is 0 Å². The molecule has 0 aliphatic carbocycles. The van der Waals surface area contributed by atoms with Gasteiger partial charge in [0.1, 0.15) is 0 Å². The summed E-state index contributed by atoms with van der Waals surface area (Å²) in [6, 6.07) is 0. The minimum absolute atomic E-state index is 1.09. The summed E-state index contributed by atoms with van der Waals surface area (Å²) in [5.74, 6) is 0. The van der Waals surface area contributed by atoms with Crippen LogP contribution in [0.1, 0.15) is 84.0 Å². The predicted molar refractivity (Wildman–Crippen MR) is 84.7 cm³/mol. The van der Waals surface area contributed by atoms with Gasteiger partial charge >= 0.3 is 0 Å². The van der Waals surface area contributed by atoms with Crippen molar-refractivity contribution < 1.29 is 0 Å². The van der Waals surface area contributed by atoms with E-state index in [0.717, 1.165) is 6.42 Å². The molecule has 0 rings (SSSR count). The second-order valence-electron chi connectivity index (χ2n) is 5.09. The average molecular weight is 249 g/mol. The van der Waals surface area contributed by atoms with Gasteiger partial charge in [0.05, 0.1) is 0 Å². The van der Waals surface area contributed by atoms with Crippen LogP contribution in [0.2, 0.25) is 0 Å². The van der Waals surface area contributed by atoms with Crippen molar-refractivity contribution in [2.45, 2.75) is 84.0 Å². The Morgan fingerprint density at radius 3 is 1.56 bits per heavy atom. The molecule has 0 nitrogen and oxygen atoms in total. The molecule has 0 unspecified atom stereocenters. The van der Waals surface area contributed by atoms with Crippen LogP contribution in [0.4, 0.5) is 0 Å². The summed E-state index contributed by atoms with van der Waals surface area (Å²) in [6.07, 6.45) is 25.0. The Labute approximate surface area is 116 Å². The second-order valence-corrected chi connectivity index (χ2v) is 5.09. The standard InChI is InChI=1S/C18H33/c1-3-5-7-9-11-13-15-17-18-16-14-12-10-8-6-4-2/h4,6,11,13H,1,3,5,7-10,12,14-18H2,2H3. The lowest BCUT2D eigenvalue weighted by Gasteiger charge is -1.99. The van der Waals surface area contributed by atoms with Gasteiger partial charge in [-0.3, -0.25) is 0 Å². The SMILES string of the molecule is [CH2]CCCCC=CCCCCCCCCC=CC. The van der Waals surface area contributed by atoms with Gasteiger partial charge in [-0.25, -0.2) is 0 Å². The maximum Gasteiger partial charge on any atom is -0.0351 e. The lowest BCUT2D eigenvalue weighted by molar-refractivity contribution is 0.599. The van der Waals surface area contributed by atoms with Crippen LogP contribution < -0.4 is 0 Å². The Kier molecular flexibility index (Phi) is 16.0. The first-order chi connectivity index (χ1) is 8.91. The Balaban J connectivity index is 3.02. The van der Waals surface area contributed by atoms with Crippen LogP contribution in [0.5, 0.6) is 0 Å². The molecule has 0 aliphatic heterocycles. The van der Waals surface area contributed by atoms with Gasteiger partial charge in [0.15, 0.2) is 0 Å². The van der Waals surface area contributed by atoms with Gasteiger partial charge in [-0.05, 0) is 45.4 Å². The highest BCUT2D eigenvalue weighted by Crippen LogP contribution is 2.09. The second kappa shape index (κ2) is 16.5. The van der Waals surface area contributed by atoms with E-state index in [-0.39, 0.29) is 0 Å². The summed E-state index contributed by atoms with van der Waals surface area (Å²) < 4.78 is 0. The van der Waals surface area contributed by atoms with Gasteiger partial charge < -0.3 is 0 Å². The Morgan fingerprint density at radius 2 is 1.06 bits per heavy atom. The summed E-state index contributed by atoms with van der Waals surface area (Å²) in [6.45, 7) is 5.96. The van der Waals surface area contributed by atoms with E-state index in [1.807, 2.05) is 0 Å². The summed E-state index contributed by atoms with van der Waals surface area (Å²) in [4.78, 5) is 0. The molecular formula is C18H33. The van der Waals surface area contributed by atoms with E-state index in [4.69, 9.17) is 0 Å². The number of hydrogen-bond acceptors (Lipinski definition) is 0. The monoisotopic (exact) mass is 249 g/mol. The zero-order valence-corrected chi connectivity index (χ0v) is 12.5. The molecule has 0 aromatic rings. The van der Waals surface area contributed by atoms with E-state index >= 15 is 0 Å². The Hall–Kier alpha value is -0.520. The molecule has 0 heteroatoms. The van der Waals surface area contributed by atoms with E-state index in [1.54, 1.807) is 0 Å². The van der Waals surface area contributed by atoms with Crippen LogP contribution in [0, 0.1) is 6.92 Å². The normalized spacial score (nSPS) is 11.9. The zero-order chi connectivity index (χ0) is 13.3. The van der Waals surface area contributed by atoms with Crippen molar-refractivity contribution in [3.05, 3.63) is 31.2 Å². The molecule has 0 aliphatic rings. The highest BCUT2D eigenvalue weighted by Gasteiger charge is 1.89. The third-order valence-electron chi connectivity index (χ3n) is 3.26. The van der Waals surface area contributed by atoms with Crippen LogP contribution in [0.15, 0.2) is 24.3 Å². The number of unbranched alkanes of at least 4 members (excludes halogenated alkanes) is 10. The van der Waals surface area contributed by atoms with Gasteiger partial charge in [0.2, 0.25) is 0 Å². The van der Waals surface area contributed by atoms with Crippen LogP contribution in [-0.4, -0.2) is 0 Å². The summed E-state index contributed by atoms with van der Waals surface area (Å²) >= 11 is 0. The molecule has 0 amide bonds. The lowest BCUT2D eigenvalue weighted by atomic mass is 10.1. The highest BCUT2D eigenvalue weighted by atomic mass is 14.0. The lowest BCUT2D eigenvalue weighted by Crippen LogP contribution is -1.79. The minimum Gasteiger partial charge on any atom is -0.0917 e. The zero-order valence-electron chi connectivity index (χ0n) is 12.5. The molecule has 0 fully saturated rings. The fourth-order valence-electron chi connectivity index (χ4n) is 2.07. The van der Waals surface area contributed by atoms with Crippen molar-refractivity contribution in [1.82, 2.24) is 0 Å². The predicted octanol–water partition coefficient (Wildman–Crippen LogP) is 6.63. The van der Waals surface area contributed by atoms with Crippen molar-refractivity contribution in [2.75, 3.05) is 0 Å². The molecule has 105 valence electrons. The summed E-state index contributed by atoms with van der Waals surface area (Å²) in [5, 5.41) is 0. The third-order valence-corrected chi connectivity index (χ3v) is 3.26. The first-order valence-electron chi connectivity index (χ1n) is 7.97. The smallest absolute Gasteiger partial charge is 0.0351 e. The van der Waals surface area contributed by atoms with Gasteiger partial charge in [-0.1, -0.05) is 69.8 Å². The quantitative estimate of drug-likeness (QED) is 0.254. The van der Waals surface area contributed by atoms with Crippen LogP contribution in [0.3, 0.4) is 0 Å². The molecule has 0 aromatic heterocycles. The molecule has 0 N–H and O–H groups in total. The van der Waals surface area contributed by atoms with E-state index in [2.05, 4.69) is 38.2 Å². The fraction of sp³-hybridized carbons (Fsp3) is 0.722. The number of hydrogen-bond donors (Lipinski definition) is 0. The van der Waals surface area contributed by atoms with Crippen LogP contribution in [0.25, 0.3) is 0 Å². The van der Waals surface area contributed by atoms with Crippen molar-refractivity contribution in [3.8, 4) is 0 Å². The molecule has 0 atom stereocenters. The van der Waals surface area contributed by atoms with Crippen molar-refractivity contribution in [1.29, 1.82) is 0 Å². The number of rotatable bonds is 13. The molecule has 0 heterocycles. The molecule has 0 saturated carbocycles. The molecule has 0 saturated heterocycles. The molecule has 18 heavy (non-hydrogen) atoms. The van der Waals surface area contributed by atoms with Crippen molar-refractivity contribution in [2.24, 2.45) is 0 Å². The number of allylic oxidation sites excluding steroid dienone is 4. The molecule has 1 radical (unpaired) electrons. The van der Waals surface area contributed by atoms with Gasteiger partial charge in [0, 0.05) is 0 Å². The van der Waals surface area contributed by atoms with Gasteiger partial charge in [-0.2, -0.15) is 0 Å². The molecule has 0 bridgehead atoms. The maximum atomic E-state index is 3.86. The topological polar surface area (TPSA) is 0 Å². The van der Waals surface area contributed by atoms with E-state index in [9.17, 15) is 0 Å². The van der Waals surface area contributed by atoms with Gasteiger partial charge in [0.25, 0.3) is 0 Å². The minimum atomic E-state index is 1.09. The van der Waals surface area contributed by atoms with E-state index < -0.39 is 0 Å².